The number of rotatable bonds is 4. The fourth-order valence-electron chi connectivity index (χ4n) is 2.94. The summed E-state index contributed by atoms with van der Waals surface area (Å²) in [5, 5.41) is 4.54. The molecule has 3 aromatic heterocycles. The van der Waals surface area contributed by atoms with E-state index in [1.54, 1.807) is 6.33 Å². The molecule has 6 nitrogen and oxygen atoms in total. The Morgan fingerprint density at radius 3 is 3.00 bits per heavy atom. The van der Waals surface area contributed by atoms with Gasteiger partial charge in [0.2, 0.25) is 0 Å². The predicted molar refractivity (Wildman–Crippen MR) is 83.5 cm³/mol. The van der Waals surface area contributed by atoms with E-state index in [2.05, 4.69) is 37.4 Å². The number of aromatic amines is 1. The molecular weight excluding hydrogens is 278 g/mol. The second kappa shape index (κ2) is 5.73. The van der Waals surface area contributed by atoms with E-state index in [-0.39, 0.29) is 6.04 Å². The molecule has 0 saturated carbocycles. The van der Waals surface area contributed by atoms with Gasteiger partial charge < -0.3 is 15.0 Å². The molecule has 1 aliphatic heterocycles. The van der Waals surface area contributed by atoms with Gasteiger partial charge in [-0.25, -0.2) is 9.97 Å². The van der Waals surface area contributed by atoms with Crippen LogP contribution in [0.1, 0.15) is 5.56 Å². The molecule has 0 amide bonds. The first-order chi connectivity index (χ1) is 10.9. The molecule has 112 valence electrons. The molecule has 1 fully saturated rings. The molecule has 0 aromatic carbocycles. The van der Waals surface area contributed by atoms with Crippen LogP contribution in [0.2, 0.25) is 0 Å². The van der Waals surface area contributed by atoms with E-state index in [1.165, 1.54) is 5.56 Å². The molecular formula is C16H17N5O. The summed E-state index contributed by atoms with van der Waals surface area (Å²) in [5.74, 6) is 1.29. The van der Waals surface area contributed by atoms with Gasteiger partial charge in [0, 0.05) is 24.5 Å². The van der Waals surface area contributed by atoms with Crippen molar-refractivity contribution in [3.05, 3.63) is 48.7 Å². The summed E-state index contributed by atoms with van der Waals surface area (Å²) in [7, 11) is 0. The normalized spacial score (nSPS) is 21.3. The Labute approximate surface area is 128 Å². The third kappa shape index (κ3) is 2.53. The highest BCUT2D eigenvalue weighted by Crippen LogP contribution is 2.25. The Kier molecular flexibility index (Phi) is 3.44. The fourth-order valence-corrected chi connectivity index (χ4v) is 2.94. The van der Waals surface area contributed by atoms with E-state index in [4.69, 9.17) is 4.74 Å². The second-order valence-corrected chi connectivity index (χ2v) is 5.57. The van der Waals surface area contributed by atoms with E-state index in [9.17, 15) is 0 Å². The third-order valence-corrected chi connectivity index (χ3v) is 4.12. The van der Waals surface area contributed by atoms with Gasteiger partial charge in [-0.3, -0.25) is 4.98 Å². The van der Waals surface area contributed by atoms with Gasteiger partial charge in [-0.1, -0.05) is 0 Å². The lowest BCUT2D eigenvalue weighted by molar-refractivity contribution is 0.185. The first-order valence-electron chi connectivity index (χ1n) is 7.41. The van der Waals surface area contributed by atoms with Crippen molar-refractivity contribution in [1.29, 1.82) is 0 Å². The lowest BCUT2D eigenvalue weighted by Crippen LogP contribution is -2.29. The molecule has 0 radical (unpaired) electrons. The molecule has 1 saturated heterocycles. The number of hydrogen-bond donors (Lipinski definition) is 2. The zero-order valence-corrected chi connectivity index (χ0v) is 12.1. The highest BCUT2D eigenvalue weighted by atomic mass is 16.5. The number of fused-ring (bicyclic) bond motifs is 1. The maximum atomic E-state index is 5.68. The molecule has 2 N–H and O–H groups in total. The monoisotopic (exact) mass is 295 g/mol. The summed E-state index contributed by atoms with van der Waals surface area (Å²) < 4.78 is 5.68. The summed E-state index contributed by atoms with van der Waals surface area (Å²) in [6.07, 6.45) is 8.10. The predicted octanol–water partition coefficient (Wildman–Crippen LogP) is 2.02. The fraction of sp³-hybridized carbons (Fsp3) is 0.312. The van der Waals surface area contributed by atoms with Crippen LogP contribution in [0.5, 0.6) is 0 Å². The van der Waals surface area contributed by atoms with Gasteiger partial charge in [-0.15, -0.1) is 0 Å². The lowest BCUT2D eigenvalue weighted by atomic mass is 9.95. The molecule has 0 spiro atoms. The minimum Gasteiger partial charge on any atom is -0.379 e. The third-order valence-electron chi connectivity index (χ3n) is 4.12. The van der Waals surface area contributed by atoms with Crippen molar-refractivity contribution in [2.75, 3.05) is 18.5 Å². The molecule has 4 heterocycles. The van der Waals surface area contributed by atoms with Gasteiger partial charge in [-0.2, -0.15) is 0 Å². The maximum Gasteiger partial charge on any atom is 0.142 e. The average Bonchev–Trinajstić information content (AvgIpc) is 3.19. The molecule has 0 bridgehead atoms. The topological polar surface area (TPSA) is 75.7 Å². The number of anilines is 1. The van der Waals surface area contributed by atoms with E-state index < -0.39 is 0 Å². The van der Waals surface area contributed by atoms with Gasteiger partial charge in [0.1, 0.15) is 17.8 Å². The van der Waals surface area contributed by atoms with Crippen LogP contribution in [0.15, 0.2) is 43.1 Å². The maximum absolute atomic E-state index is 5.68. The van der Waals surface area contributed by atoms with Gasteiger partial charge in [0.25, 0.3) is 0 Å². The number of aromatic nitrogens is 4. The zero-order valence-electron chi connectivity index (χ0n) is 12.1. The minimum atomic E-state index is 0.251. The molecule has 4 rings (SSSR count). The summed E-state index contributed by atoms with van der Waals surface area (Å²) >= 11 is 0. The number of ether oxygens (including phenoxy) is 1. The van der Waals surface area contributed by atoms with Crippen molar-refractivity contribution in [3.8, 4) is 0 Å². The highest BCUT2D eigenvalue weighted by Gasteiger charge is 2.29. The molecule has 6 heteroatoms. The van der Waals surface area contributed by atoms with E-state index >= 15 is 0 Å². The summed E-state index contributed by atoms with van der Waals surface area (Å²) in [6.45, 7) is 1.47. The SMILES string of the molecule is c1cc(C[C@@H]2COC[C@H]2Nc2ncnc3[nH]ccc23)ccn1. The first kappa shape index (κ1) is 13.2. The summed E-state index contributed by atoms with van der Waals surface area (Å²) in [5.41, 5.74) is 2.13. The molecule has 22 heavy (non-hydrogen) atoms. The largest absolute Gasteiger partial charge is 0.379 e. The van der Waals surface area contributed by atoms with Gasteiger partial charge >= 0.3 is 0 Å². The average molecular weight is 295 g/mol. The minimum absolute atomic E-state index is 0.251. The van der Waals surface area contributed by atoms with Crippen molar-refractivity contribution in [2.24, 2.45) is 5.92 Å². The molecule has 2 atom stereocenters. The van der Waals surface area contributed by atoms with Gasteiger partial charge in [-0.05, 0) is 30.2 Å². The van der Waals surface area contributed by atoms with Crippen LogP contribution in [0.4, 0.5) is 5.82 Å². The standard InChI is InChI=1S/C16H17N5O/c1-4-17-5-2-11(1)7-12-8-22-9-14(12)21-16-13-3-6-18-15(13)19-10-20-16/h1-6,10,12,14H,7-9H2,(H2,18,19,20,21)/t12-,14-/m1/s1. The molecule has 0 unspecified atom stereocenters. The Hall–Kier alpha value is -2.47. The van der Waals surface area contributed by atoms with E-state index in [1.807, 2.05) is 24.7 Å². The van der Waals surface area contributed by atoms with E-state index in [0.29, 0.717) is 12.5 Å². The number of pyridine rings is 1. The summed E-state index contributed by atoms with van der Waals surface area (Å²) in [6, 6.07) is 6.36. The summed E-state index contributed by atoms with van der Waals surface area (Å²) in [4.78, 5) is 15.8. The molecule has 0 aliphatic carbocycles. The van der Waals surface area contributed by atoms with Crippen LogP contribution in [-0.2, 0) is 11.2 Å². The van der Waals surface area contributed by atoms with E-state index in [0.717, 1.165) is 29.9 Å². The van der Waals surface area contributed by atoms with Crippen molar-refractivity contribution in [3.63, 3.8) is 0 Å². The number of H-pyrrole nitrogens is 1. The van der Waals surface area contributed by atoms with Crippen LogP contribution < -0.4 is 5.32 Å². The Balaban J connectivity index is 1.53. The van der Waals surface area contributed by atoms with Crippen LogP contribution in [0, 0.1) is 5.92 Å². The Bertz CT molecular complexity index is 757. The van der Waals surface area contributed by atoms with Crippen molar-refractivity contribution in [1.82, 2.24) is 19.9 Å². The zero-order chi connectivity index (χ0) is 14.8. The number of nitrogens with zero attached hydrogens (tertiary/aromatic N) is 3. The van der Waals surface area contributed by atoms with Crippen LogP contribution >= 0.6 is 0 Å². The first-order valence-corrected chi connectivity index (χ1v) is 7.41. The lowest BCUT2D eigenvalue weighted by Gasteiger charge is -2.20. The smallest absolute Gasteiger partial charge is 0.142 e. The Morgan fingerprint density at radius 2 is 2.09 bits per heavy atom. The molecule has 3 aromatic rings. The second-order valence-electron chi connectivity index (χ2n) is 5.57. The van der Waals surface area contributed by atoms with Gasteiger partial charge in [0.15, 0.2) is 0 Å². The quantitative estimate of drug-likeness (QED) is 0.770. The highest BCUT2D eigenvalue weighted by molar-refractivity contribution is 5.86. The van der Waals surface area contributed by atoms with Crippen molar-refractivity contribution < 1.29 is 4.74 Å². The van der Waals surface area contributed by atoms with Crippen LogP contribution in [0.3, 0.4) is 0 Å². The van der Waals surface area contributed by atoms with Crippen LogP contribution in [0.25, 0.3) is 11.0 Å². The van der Waals surface area contributed by atoms with Crippen LogP contribution in [-0.4, -0.2) is 39.2 Å². The number of nitrogens with one attached hydrogen (secondary N) is 2. The van der Waals surface area contributed by atoms with Crippen molar-refractivity contribution in [2.45, 2.75) is 12.5 Å². The van der Waals surface area contributed by atoms with Gasteiger partial charge in [0.05, 0.1) is 24.6 Å². The Morgan fingerprint density at radius 1 is 1.18 bits per heavy atom. The van der Waals surface area contributed by atoms with Crippen molar-refractivity contribution >= 4 is 16.9 Å². The molecule has 1 aliphatic rings. The number of hydrogen-bond acceptors (Lipinski definition) is 5.